The quantitative estimate of drug-likeness (QED) is 0.410. The van der Waals surface area contributed by atoms with Crippen LogP contribution in [0.3, 0.4) is 0 Å². The maximum atomic E-state index is 11.6. The van der Waals surface area contributed by atoms with E-state index in [2.05, 4.69) is 10.6 Å². The van der Waals surface area contributed by atoms with Crippen molar-refractivity contribution in [2.45, 2.75) is 80.6 Å². The summed E-state index contributed by atoms with van der Waals surface area (Å²) in [6.07, 6.45) is 4.84. The van der Waals surface area contributed by atoms with Crippen molar-refractivity contribution in [3.8, 4) is 0 Å². The van der Waals surface area contributed by atoms with Crippen LogP contribution in [0.1, 0.15) is 80.6 Å². The van der Waals surface area contributed by atoms with Gasteiger partial charge in [-0.05, 0) is 38.5 Å². The number of nitrogens with one attached hydrogen (secondary N) is 2. The van der Waals surface area contributed by atoms with Crippen LogP contribution in [0, 0.1) is 23.7 Å². The van der Waals surface area contributed by atoms with E-state index in [1.165, 1.54) is 6.92 Å². The van der Waals surface area contributed by atoms with Crippen LogP contribution in [-0.4, -0.2) is 37.0 Å². The van der Waals surface area contributed by atoms with Gasteiger partial charge in [0, 0.05) is 37.6 Å². The van der Waals surface area contributed by atoms with E-state index in [0.717, 1.165) is 19.1 Å². The zero-order valence-electron chi connectivity index (χ0n) is 18.7. The predicted octanol–water partition coefficient (Wildman–Crippen LogP) is 2.59. The van der Waals surface area contributed by atoms with E-state index < -0.39 is 5.91 Å². The van der Waals surface area contributed by atoms with Crippen LogP contribution in [-0.2, 0) is 24.0 Å². The molecule has 0 saturated carbocycles. The lowest BCUT2D eigenvalue weighted by molar-refractivity contribution is -0.132. The Morgan fingerprint density at radius 3 is 1.60 bits per heavy atom. The zero-order chi connectivity index (χ0) is 23.0. The second-order valence-corrected chi connectivity index (χ2v) is 7.15. The van der Waals surface area contributed by atoms with Gasteiger partial charge in [-0.3, -0.25) is 24.5 Å². The Morgan fingerprint density at radius 2 is 1.30 bits per heavy atom. The molecule has 0 fully saturated rings. The number of carbonyl (C=O) groups is 5. The smallest absolute Gasteiger partial charge is 0.229 e. The van der Waals surface area contributed by atoms with E-state index in [9.17, 15) is 24.0 Å². The molecule has 0 aliphatic carbocycles. The van der Waals surface area contributed by atoms with Crippen molar-refractivity contribution < 1.29 is 24.0 Å². The summed E-state index contributed by atoms with van der Waals surface area (Å²) < 4.78 is 0. The molecule has 0 spiro atoms. The summed E-state index contributed by atoms with van der Waals surface area (Å²) in [5, 5.41) is 4.85. The fourth-order valence-electron chi connectivity index (χ4n) is 2.91. The van der Waals surface area contributed by atoms with Crippen molar-refractivity contribution in [3.63, 3.8) is 0 Å². The lowest BCUT2D eigenvalue weighted by Crippen LogP contribution is -2.36. The molecule has 0 aromatic rings. The molecule has 0 aliphatic heterocycles. The molecule has 8 heteroatoms. The van der Waals surface area contributed by atoms with Crippen LogP contribution in [0.2, 0.25) is 0 Å². The molecule has 0 bridgehead atoms. The number of aldehydes is 1. The Balaban J connectivity index is -0.000000480. The van der Waals surface area contributed by atoms with Gasteiger partial charge in [0.2, 0.25) is 23.6 Å². The lowest BCUT2D eigenvalue weighted by atomic mass is 9.89. The normalized spacial score (nSPS) is 13.8. The third kappa shape index (κ3) is 13.8. The predicted molar refractivity (Wildman–Crippen MR) is 119 cm³/mol. The fourth-order valence-corrected chi connectivity index (χ4v) is 2.91. The van der Waals surface area contributed by atoms with Crippen molar-refractivity contribution in [2.24, 2.45) is 29.4 Å². The van der Waals surface area contributed by atoms with Crippen molar-refractivity contribution in [2.75, 3.05) is 7.05 Å². The minimum Gasteiger partial charge on any atom is -0.369 e. The van der Waals surface area contributed by atoms with Crippen LogP contribution in [0.4, 0.5) is 0 Å². The minimum atomic E-state index is -0.392. The number of nitrogens with two attached hydrogens (primary N) is 1. The molecule has 176 valence electrons. The molecular formula is C22H43N3O5. The summed E-state index contributed by atoms with van der Waals surface area (Å²) in [6, 6.07) is 0. The molecule has 0 rings (SSSR count). The molecule has 4 unspecified atom stereocenters. The van der Waals surface area contributed by atoms with Crippen molar-refractivity contribution in [1.29, 1.82) is 0 Å². The summed E-state index contributed by atoms with van der Waals surface area (Å²) in [6.45, 7) is 8.92. The Kier molecular flexibility index (Phi) is 20.3. The summed E-state index contributed by atoms with van der Waals surface area (Å²) in [4.78, 5) is 55.2. The Morgan fingerprint density at radius 1 is 0.833 bits per heavy atom. The first-order chi connectivity index (χ1) is 13.6. The van der Waals surface area contributed by atoms with Gasteiger partial charge in [0.05, 0.1) is 0 Å². The van der Waals surface area contributed by atoms with Gasteiger partial charge < -0.3 is 15.8 Å². The third-order valence-electron chi connectivity index (χ3n) is 5.04. The average molecular weight is 430 g/mol. The van der Waals surface area contributed by atoms with Crippen LogP contribution in [0.25, 0.3) is 0 Å². The second-order valence-electron chi connectivity index (χ2n) is 7.15. The van der Waals surface area contributed by atoms with E-state index in [0.29, 0.717) is 25.7 Å². The Labute approximate surface area is 182 Å². The molecule has 0 heterocycles. The minimum absolute atomic E-state index is 0. The van der Waals surface area contributed by atoms with Crippen molar-refractivity contribution in [3.05, 3.63) is 0 Å². The molecule has 0 aromatic carbocycles. The average Bonchev–Trinajstić information content (AvgIpc) is 2.68. The highest BCUT2D eigenvalue weighted by atomic mass is 16.2. The molecule has 0 aromatic heterocycles. The number of amides is 4. The van der Waals surface area contributed by atoms with Crippen molar-refractivity contribution in [1.82, 2.24) is 10.6 Å². The van der Waals surface area contributed by atoms with Gasteiger partial charge >= 0.3 is 0 Å². The first kappa shape index (κ1) is 32.4. The Bertz CT molecular complexity index is 537. The maximum absolute atomic E-state index is 11.6. The van der Waals surface area contributed by atoms with Crippen LogP contribution in [0.15, 0.2) is 0 Å². The molecule has 0 radical (unpaired) electrons. The van der Waals surface area contributed by atoms with Gasteiger partial charge in [0.1, 0.15) is 6.29 Å². The lowest BCUT2D eigenvalue weighted by Gasteiger charge is -2.18. The third-order valence-corrected chi connectivity index (χ3v) is 5.04. The number of hydrogen-bond donors (Lipinski definition) is 3. The Hall–Kier alpha value is -2.25. The number of rotatable bonds is 12. The number of hydrogen-bond acceptors (Lipinski definition) is 5. The van der Waals surface area contributed by atoms with Gasteiger partial charge in [0.25, 0.3) is 0 Å². The van der Waals surface area contributed by atoms with Gasteiger partial charge in [-0.2, -0.15) is 0 Å². The van der Waals surface area contributed by atoms with Crippen LogP contribution in [0.5, 0.6) is 0 Å². The summed E-state index contributed by atoms with van der Waals surface area (Å²) in [5.74, 6) is -1.67. The van der Waals surface area contributed by atoms with Crippen LogP contribution < -0.4 is 16.4 Å². The highest BCUT2D eigenvalue weighted by molar-refractivity contribution is 5.95. The van der Waals surface area contributed by atoms with Gasteiger partial charge in [0.15, 0.2) is 0 Å². The molecule has 0 aliphatic rings. The van der Waals surface area contributed by atoms with E-state index in [-0.39, 0.29) is 48.8 Å². The van der Waals surface area contributed by atoms with E-state index in [4.69, 9.17) is 5.73 Å². The first-order valence-corrected chi connectivity index (χ1v) is 10.4. The maximum Gasteiger partial charge on any atom is 0.229 e. The van der Waals surface area contributed by atoms with Gasteiger partial charge in [-0.1, -0.05) is 35.1 Å². The monoisotopic (exact) mass is 429 g/mol. The fraction of sp³-hybridized carbons (Fsp3) is 0.773. The largest absolute Gasteiger partial charge is 0.369 e. The highest BCUT2D eigenvalue weighted by Crippen LogP contribution is 2.19. The molecule has 8 nitrogen and oxygen atoms in total. The molecule has 4 N–H and O–H groups in total. The molecule has 4 atom stereocenters. The van der Waals surface area contributed by atoms with Gasteiger partial charge in [-0.15, -0.1) is 0 Å². The van der Waals surface area contributed by atoms with E-state index in [1.54, 1.807) is 7.05 Å². The van der Waals surface area contributed by atoms with Crippen LogP contribution >= 0.6 is 0 Å². The van der Waals surface area contributed by atoms with Crippen molar-refractivity contribution >= 4 is 29.9 Å². The number of carbonyl (C=O) groups excluding carboxylic acids is 5. The zero-order valence-corrected chi connectivity index (χ0v) is 18.7. The van der Waals surface area contributed by atoms with E-state index in [1.807, 2.05) is 27.7 Å². The topological polar surface area (TPSA) is 135 Å². The molecule has 30 heavy (non-hydrogen) atoms. The number of imide groups is 1. The first-order valence-electron chi connectivity index (χ1n) is 10.4. The summed E-state index contributed by atoms with van der Waals surface area (Å²) in [7, 11) is 1.63. The highest BCUT2D eigenvalue weighted by Gasteiger charge is 2.24. The molecule has 4 amide bonds. The van der Waals surface area contributed by atoms with E-state index >= 15 is 0 Å². The standard InChI is InChI=1S/C11H20N2O3.C10H19NO2.CH4/c1-4-8(10(12)15)6-9(5-2)11(16)13-7(3)14;1-4-8(7-12)6-9(5-2)10(13)11-3;/h8-9H,4-6H2,1-3H3,(H2,12,15)(H,13,14,16);7-9H,4-6H2,1-3H3,(H,11,13);1H4. The summed E-state index contributed by atoms with van der Waals surface area (Å²) >= 11 is 0. The summed E-state index contributed by atoms with van der Waals surface area (Å²) in [5.41, 5.74) is 5.21. The number of primary amides is 1. The second kappa shape index (κ2) is 18.8. The molecule has 0 saturated heterocycles. The van der Waals surface area contributed by atoms with Gasteiger partial charge in [-0.25, -0.2) is 0 Å². The molecular weight excluding hydrogens is 386 g/mol. The SMILES string of the molecule is C.CCC(C=O)CC(CC)C(=O)NC.CCC(CC(CC)C(=O)NC(C)=O)C(N)=O.